The maximum Gasteiger partial charge on any atom is 0.327 e. The van der Waals surface area contributed by atoms with Crippen molar-refractivity contribution in [3.8, 4) is 0 Å². The molecule has 1 aromatic heterocycles. The highest BCUT2D eigenvalue weighted by Gasteiger charge is 2.65. The minimum atomic E-state index is -1.12. The van der Waals surface area contributed by atoms with E-state index in [-0.39, 0.29) is 11.3 Å². The Morgan fingerprint density at radius 1 is 1.39 bits per heavy atom. The summed E-state index contributed by atoms with van der Waals surface area (Å²) in [6, 6.07) is 6.64. The summed E-state index contributed by atoms with van der Waals surface area (Å²) < 4.78 is 6.43. The molecule has 2 fully saturated rings. The van der Waals surface area contributed by atoms with E-state index in [9.17, 15) is 19.8 Å². The van der Waals surface area contributed by atoms with E-state index in [1.54, 1.807) is 7.11 Å². The number of para-hydroxylation sites is 2. The van der Waals surface area contributed by atoms with Crippen LogP contribution in [0.15, 0.2) is 24.3 Å². The molecule has 1 amide bonds. The molecule has 0 radical (unpaired) electrons. The van der Waals surface area contributed by atoms with Crippen LogP contribution < -0.4 is 0 Å². The standard InChI is InChI=1S/C19H23N3O5S/c1-19(2)14(18(25)26)22-16(24)12(17(22)28-19)13(23)15-20-10-6-4-5-7-11(10)21(15)8-9-27-3/h4-7,12-14,17,23H,8-9H2,1-3H3,(H,25,26)/t12-,13+,14+,17-/m1/s1. The summed E-state index contributed by atoms with van der Waals surface area (Å²) in [7, 11) is 1.60. The van der Waals surface area contributed by atoms with Gasteiger partial charge in [-0.15, -0.1) is 11.8 Å². The number of aliphatic carboxylic acids is 1. The number of fused-ring (bicyclic) bond motifs is 2. The molecule has 2 aromatic rings. The van der Waals surface area contributed by atoms with Crippen LogP contribution in [0.5, 0.6) is 0 Å². The Balaban J connectivity index is 1.69. The average Bonchev–Trinajstić information content (AvgIpc) is 3.12. The summed E-state index contributed by atoms with van der Waals surface area (Å²) in [6.45, 7) is 4.57. The number of aliphatic hydroxyl groups is 1. The number of nitrogens with zero attached hydrogens (tertiary/aromatic N) is 3. The largest absolute Gasteiger partial charge is 0.480 e. The van der Waals surface area contributed by atoms with Gasteiger partial charge in [0.1, 0.15) is 23.9 Å². The number of methoxy groups -OCH3 is 1. The molecule has 0 spiro atoms. The Kier molecular flexibility index (Phi) is 4.64. The normalized spacial score (nSPS) is 26.9. The highest BCUT2D eigenvalue weighted by atomic mass is 32.2. The van der Waals surface area contributed by atoms with Crippen molar-refractivity contribution in [2.24, 2.45) is 5.92 Å². The zero-order valence-corrected chi connectivity index (χ0v) is 16.7. The number of rotatable bonds is 6. The molecule has 2 saturated heterocycles. The summed E-state index contributed by atoms with van der Waals surface area (Å²) in [5, 5.41) is 20.3. The van der Waals surface area contributed by atoms with Crippen LogP contribution in [0.2, 0.25) is 0 Å². The van der Waals surface area contributed by atoms with Crippen molar-refractivity contribution >= 4 is 34.7 Å². The summed E-state index contributed by atoms with van der Waals surface area (Å²) in [6.07, 6.45) is -1.12. The van der Waals surface area contributed by atoms with Crippen molar-refractivity contribution in [1.29, 1.82) is 0 Å². The van der Waals surface area contributed by atoms with Crippen LogP contribution in [-0.4, -0.2) is 66.4 Å². The molecule has 28 heavy (non-hydrogen) atoms. The van der Waals surface area contributed by atoms with E-state index in [1.807, 2.05) is 42.7 Å². The molecule has 2 N–H and O–H groups in total. The van der Waals surface area contributed by atoms with E-state index in [0.717, 1.165) is 11.0 Å². The van der Waals surface area contributed by atoms with Crippen molar-refractivity contribution in [3.63, 3.8) is 0 Å². The first-order valence-corrected chi connectivity index (χ1v) is 10.0. The number of carbonyl (C=O) groups is 2. The zero-order chi connectivity index (χ0) is 20.2. The fourth-order valence-electron chi connectivity index (χ4n) is 4.23. The van der Waals surface area contributed by atoms with Gasteiger partial charge in [0.2, 0.25) is 5.91 Å². The molecule has 3 heterocycles. The number of carbonyl (C=O) groups excluding carboxylic acids is 1. The Morgan fingerprint density at radius 2 is 2.11 bits per heavy atom. The maximum atomic E-state index is 12.8. The van der Waals surface area contributed by atoms with Crippen LogP contribution in [0.3, 0.4) is 0 Å². The Hall–Kier alpha value is -2.10. The highest BCUT2D eigenvalue weighted by molar-refractivity contribution is 8.01. The SMILES string of the molecule is COCCn1c([C@@H](O)[C@@H]2C(=O)N3[C@@H]2SC(C)(C)[C@@H]3C(=O)O)nc2ccccc21. The monoisotopic (exact) mass is 405 g/mol. The van der Waals surface area contributed by atoms with Gasteiger partial charge >= 0.3 is 5.97 Å². The van der Waals surface area contributed by atoms with Crippen LogP contribution in [0.4, 0.5) is 0 Å². The van der Waals surface area contributed by atoms with Gasteiger partial charge in [0.25, 0.3) is 0 Å². The summed E-state index contributed by atoms with van der Waals surface area (Å²) in [5.41, 5.74) is 1.60. The number of carboxylic acids is 1. The van der Waals surface area contributed by atoms with Crippen molar-refractivity contribution in [1.82, 2.24) is 14.5 Å². The summed E-state index contributed by atoms with van der Waals surface area (Å²) in [5.74, 6) is -1.66. The first kappa shape index (κ1) is 19.2. The lowest BCUT2D eigenvalue weighted by Gasteiger charge is -2.45. The lowest BCUT2D eigenvalue weighted by atomic mass is 9.87. The number of aliphatic hydroxyl groups excluding tert-OH is 1. The summed E-state index contributed by atoms with van der Waals surface area (Å²) in [4.78, 5) is 30.5. The second kappa shape index (κ2) is 6.75. The van der Waals surface area contributed by atoms with Gasteiger partial charge in [-0.25, -0.2) is 9.78 Å². The third-order valence-electron chi connectivity index (χ3n) is 5.52. The molecule has 0 unspecified atom stereocenters. The fraction of sp³-hybridized carbons (Fsp3) is 0.526. The zero-order valence-electron chi connectivity index (χ0n) is 15.9. The first-order chi connectivity index (χ1) is 13.3. The molecular formula is C19H23N3O5S. The van der Waals surface area contributed by atoms with Gasteiger partial charge in [-0.2, -0.15) is 0 Å². The molecule has 1 aromatic carbocycles. The lowest BCUT2D eigenvalue weighted by molar-refractivity contribution is -0.169. The van der Waals surface area contributed by atoms with Gasteiger partial charge in [0.05, 0.1) is 23.0 Å². The molecule has 0 saturated carbocycles. The molecule has 0 aliphatic carbocycles. The van der Waals surface area contributed by atoms with Crippen molar-refractivity contribution in [2.45, 2.75) is 42.7 Å². The second-order valence-electron chi connectivity index (χ2n) is 7.67. The molecule has 9 heteroatoms. The van der Waals surface area contributed by atoms with E-state index in [2.05, 4.69) is 4.98 Å². The van der Waals surface area contributed by atoms with Crippen molar-refractivity contribution in [3.05, 3.63) is 30.1 Å². The van der Waals surface area contributed by atoms with Gasteiger partial charge in [-0.05, 0) is 26.0 Å². The number of ether oxygens (including phenoxy) is 1. The number of hydrogen-bond acceptors (Lipinski definition) is 6. The van der Waals surface area contributed by atoms with Crippen molar-refractivity contribution < 1.29 is 24.5 Å². The molecule has 0 bridgehead atoms. The van der Waals surface area contributed by atoms with E-state index in [0.29, 0.717) is 19.0 Å². The van der Waals surface area contributed by atoms with Crippen molar-refractivity contribution in [2.75, 3.05) is 13.7 Å². The van der Waals surface area contributed by atoms with E-state index in [4.69, 9.17) is 4.74 Å². The number of hydrogen-bond donors (Lipinski definition) is 2. The maximum absolute atomic E-state index is 12.8. The Bertz CT molecular complexity index is 943. The molecule has 4 rings (SSSR count). The number of β-lactam (4-membered cyclic amide) rings is 1. The molecule has 4 atom stereocenters. The number of imidazole rings is 1. The minimum absolute atomic E-state index is 0.340. The van der Waals surface area contributed by atoms with Gasteiger partial charge in [0, 0.05) is 18.4 Å². The minimum Gasteiger partial charge on any atom is -0.480 e. The predicted molar refractivity (Wildman–Crippen MR) is 104 cm³/mol. The predicted octanol–water partition coefficient (Wildman–Crippen LogP) is 1.48. The first-order valence-electron chi connectivity index (χ1n) is 9.13. The average molecular weight is 405 g/mol. The molecule has 2 aliphatic rings. The van der Waals surface area contributed by atoms with Gasteiger partial charge in [-0.3, -0.25) is 4.79 Å². The summed E-state index contributed by atoms with van der Waals surface area (Å²) >= 11 is 1.42. The number of aromatic nitrogens is 2. The van der Waals surface area contributed by atoms with Gasteiger partial charge in [0.15, 0.2) is 0 Å². The Labute approximate surface area is 166 Å². The number of amides is 1. The van der Waals surface area contributed by atoms with E-state index < -0.39 is 28.8 Å². The van der Waals surface area contributed by atoms with Crippen LogP contribution in [0.1, 0.15) is 25.8 Å². The number of benzene rings is 1. The third kappa shape index (κ3) is 2.72. The van der Waals surface area contributed by atoms with E-state index >= 15 is 0 Å². The molecular weight excluding hydrogens is 382 g/mol. The van der Waals surface area contributed by atoms with Crippen LogP contribution >= 0.6 is 11.8 Å². The smallest absolute Gasteiger partial charge is 0.327 e. The molecule has 2 aliphatic heterocycles. The quantitative estimate of drug-likeness (QED) is 0.702. The van der Waals surface area contributed by atoms with Crippen LogP contribution in [0, 0.1) is 5.92 Å². The van der Waals surface area contributed by atoms with Crippen LogP contribution in [-0.2, 0) is 20.9 Å². The van der Waals surface area contributed by atoms with Crippen LogP contribution in [0.25, 0.3) is 11.0 Å². The molecule has 150 valence electrons. The van der Waals surface area contributed by atoms with E-state index in [1.165, 1.54) is 16.7 Å². The number of carboxylic acid groups (broad SMARTS) is 1. The highest BCUT2D eigenvalue weighted by Crippen LogP contribution is 2.56. The Morgan fingerprint density at radius 3 is 2.79 bits per heavy atom. The van der Waals surface area contributed by atoms with Gasteiger partial charge < -0.3 is 24.4 Å². The van der Waals surface area contributed by atoms with Gasteiger partial charge in [-0.1, -0.05) is 12.1 Å². The number of thioether (sulfide) groups is 1. The third-order valence-corrected chi connectivity index (χ3v) is 7.12. The molecule has 8 nitrogen and oxygen atoms in total. The lowest BCUT2D eigenvalue weighted by Crippen LogP contribution is -2.64. The second-order valence-corrected chi connectivity index (χ2v) is 9.44. The fourth-order valence-corrected chi connectivity index (χ4v) is 5.95. The topological polar surface area (TPSA) is 105 Å².